The van der Waals surface area contributed by atoms with E-state index in [1.807, 2.05) is 6.07 Å². The van der Waals surface area contributed by atoms with Gasteiger partial charge < -0.3 is 4.90 Å². The molecular formula is C17H17Cl3N2O3S2. The van der Waals surface area contributed by atoms with Gasteiger partial charge in [0.1, 0.15) is 4.21 Å². The van der Waals surface area contributed by atoms with Crippen LogP contribution in [-0.4, -0.2) is 49.7 Å². The molecule has 10 heteroatoms. The molecule has 1 aromatic carbocycles. The highest BCUT2D eigenvalue weighted by Crippen LogP contribution is 2.29. The molecule has 0 spiro atoms. The molecular weight excluding hydrogens is 451 g/mol. The van der Waals surface area contributed by atoms with Gasteiger partial charge in [0.05, 0.1) is 14.4 Å². The van der Waals surface area contributed by atoms with Crippen molar-refractivity contribution < 1.29 is 13.2 Å². The Kier molecular flexibility index (Phi) is 6.71. The summed E-state index contributed by atoms with van der Waals surface area (Å²) in [6.07, 6.45) is 0.789. The lowest BCUT2D eigenvalue weighted by atomic mass is 10.1. The number of nitrogens with zero attached hydrogens (tertiary/aromatic N) is 2. The van der Waals surface area contributed by atoms with Gasteiger partial charge in [-0.2, -0.15) is 4.31 Å². The van der Waals surface area contributed by atoms with Crippen molar-refractivity contribution >= 4 is 62.1 Å². The summed E-state index contributed by atoms with van der Waals surface area (Å²) in [6, 6.07) is 8.43. The van der Waals surface area contributed by atoms with Gasteiger partial charge >= 0.3 is 0 Å². The van der Waals surface area contributed by atoms with E-state index in [0.717, 1.165) is 16.9 Å². The average Bonchev–Trinajstić information content (AvgIpc) is 3.10. The summed E-state index contributed by atoms with van der Waals surface area (Å²) >= 11 is 19.0. The minimum atomic E-state index is -3.56. The zero-order valence-electron chi connectivity index (χ0n) is 14.2. The van der Waals surface area contributed by atoms with Crippen molar-refractivity contribution in [2.24, 2.45) is 0 Å². The smallest absolute Gasteiger partial charge is 0.252 e. The summed E-state index contributed by atoms with van der Waals surface area (Å²) in [5.41, 5.74) is 0.827. The molecule has 146 valence electrons. The fourth-order valence-electron chi connectivity index (χ4n) is 2.88. The third kappa shape index (κ3) is 4.78. The number of amides is 1. The molecule has 5 nitrogen and oxygen atoms in total. The van der Waals surface area contributed by atoms with E-state index >= 15 is 0 Å². The molecule has 0 aliphatic carbocycles. The fraction of sp³-hybridized carbons (Fsp3) is 0.353. The van der Waals surface area contributed by atoms with E-state index in [-0.39, 0.29) is 23.2 Å². The molecule has 0 radical (unpaired) electrons. The highest BCUT2D eigenvalue weighted by atomic mass is 35.5. The van der Waals surface area contributed by atoms with Crippen LogP contribution in [0.2, 0.25) is 14.4 Å². The predicted molar refractivity (Wildman–Crippen MR) is 109 cm³/mol. The SMILES string of the molecule is O=C(CCc1cccc(Cl)c1Cl)N1CCN(S(=O)(=O)c2ccc(Cl)s2)CC1. The van der Waals surface area contributed by atoms with Crippen LogP contribution in [0, 0.1) is 0 Å². The molecule has 3 rings (SSSR count). The molecule has 27 heavy (non-hydrogen) atoms. The molecule has 0 unspecified atom stereocenters. The van der Waals surface area contributed by atoms with Crippen molar-refractivity contribution in [1.29, 1.82) is 0 Å². The second kappa shape index (κ2) is 8.68. The van der Waals surface area contributed by atoms with Gasteiger partial charge in [0.2, 0.25) is 5.91 Å². The van der Waals surface area contributed by atoms with Crippen molar-refractivity contribution in [2.45, 2.75) is 17.1 Å². The van der Waals surface area contributed by atoms with Gasteiger partial charge in [-0.3, -0.25) is 4.79 Å². The number of thiophene rings is 1. The summed E-state index contributed by atoms with van der Waals surface area (Å²) < 4.78 is 27.3. The Labute approximate surface area is 177 Å². The lowest BCUT2D eigenvalue weighted by molar-refractivity contribution is -0.132. The topological polar surface area (TPSA) is 57.7 Å². The van der Waals surface area contributed by atoms with Crippen LogP contribution in [-0.2, 0) is 21.2 Å². The summed E-state index contributed by atoms with van der Waals surface area (Å²) in [4.78, 5) is 14.2. The third-order valence-corrected chi connectivity index (χ3v) is 8.83. The number of halogens is 3. The van der Waals surface area contributed by atoms with Crippen LogP contribution in [0.15, 0.2) is 34.5 Å². The number of carbonyl (C=O) groups is 1. The number of hydrogen-bond donors (Lipinski definition) is 0. The Hall–Kier alpha value is -0.830. The van der Waals surface area contributed by atoms with Gasteiger partial charge in [0.25, 0.3) is 10.0 Å². The highest BCUT2D eigenvalue weighted by Gasteiger charge is 2.31. The number of carbonyl (C=O) groups excluding carboxylic acids is 1. The molecule has 0 atom stereocenters. The Balaban J connectivity index is 1.55. The second-order valence-electron chi connectivity index (χ2n) is 6.06. The summed E-state index contributed by atoms with van der Waals surface area (Å²) in [7, 11) is -3.56. The van der Waals surface area contributed by atoms with Crippen molar-refractivity contribution in [3.05, 3.63) is 50.3 Å². The molecule has 1 aliphatic rings. The summed E-state index contributed by atoms with van der Waals surface area (Å²) in [5, 5.41) is 0.937. The Bertz CT molecular complexity index is 939. The van der Waals surface area contributed by atoms with Crippen LogP contribution >= 0.6 is 46.1 Å². The Morgan fingerprint density at radius 3 is 2.37 bits per heavy atom. The number of benzene rings is 1. The zero-order chi connectivity index (χ0) is 19.6. The van der Waals surface area contributed by atoms with Crippen LogP contribution in [0.3, 0.4) is 0 Å². The molecule has 1 saturated heterocycles. The van der Waals surface area contributed by atoms with Gasteiger partial charge in [-0.15, -0.1) is 11.3 Å². The predicted octanol–water partition coefficient (Wildman–Crippen LogP) is 4.17. The largest absolute Gasteiger partial charge is 0.340 e. The lowest BCUT2D eigenvalue weighted by Crippen LogP contribution is -2.50. The minimum absolute atomic E-state index is 0.0257. The quantitative estimate of drug-likeness (QED) is 0.663. The first-order valence-corrected chi connectivity index (χ1v) is 11.6. The first kappa shape index (κ1) is 20.9. The van der Waals surface area contributed by atoms with Crippen LogP contribution in [0.4, 0.5) is 0 Å². The van der Waals surface area contributed by atoms with E-state index in [9.17, 15) is 13.2 Å². The van der Waals surface area contributed by atoms with Gasteiger partial charge in [-0.05, 0) is 30.2 Å². The van der Waals surface area contributed by atoms with E-state index in [0.29, 0.717) is 40.3 Å². The van der Waals surface area contributed by atoms with Crippen LogP contribution in [0.5, 0.6) is 0 Å². The number of hydrogen-bond acceptors (Lipinski definition) is 4. The van der Waals surface area contributed by atoms with Crippen LogP contribution in [0.25, 0.3) is 0 Å². The lowest BCUT2D eigenvalue weighted by Gasteiger charge is -2.33. The van der Waals surface area contributed by atoms with Crippen molar-refractivity contribution in [1.82, 2.24) is 9.21 Å². The number of aryl methyl sites for hydroxylation is 1. The standard InChI is InChI=1S/C17H17Cl3N2O3S2/c18-13-3-1-2-12(17(13)20)4-6-15(23)21-8-10-22(11-9-21)27(24,25)16-7-5-14(19)26-16/h1-3,5,7H,4,6,8-11H2. The van der Waals surface area contributed by atoms with E-state index in [1.165, 1.54) is 10.4 Å². The van der Waals surface area contributed by atoms with Gasteiger partial charge in [0, 0.05) is 32.6 Å². The monoisotopic (exact) mass is 466 g/mol. The molecule has 2 aromatic rings. The summed E-state index contributed by atoms with van der Waals surface area (Å²) in [6.45, 7) is 1.25. The second-order valence-corrected chi connectivity index (χ2v) is 10.7. The Morgan fingerprint density at radius 1 is 1.04 bits per heavy atom. The van der Waals surface area contributed by atoms with E-state index in [1.54, 1.807) is 23.1 Å². The van der Waals surface area contributed by atoms with Gasteiger partial charge in [-0.1, -0.05) is 46.9 Å². The van der Waals surface area contributed by atoms with E-state index in [4.69, 9.17) is 34.8 Å². The first-order chi connectivity index (χ1) is 12.8. The maximum atomic E-state index is 12.6. The first-order valence-electron chi connectivity index (χ1n) is 8.25. The molecule has 1 aromatic heterocycles. The summed E-state index contributed by atoms with van der Waals surface area (Å²) in [5.74, 6) is -0.0257. The van der Waals surface area contributed by atoms with Crippen molar-refractivity contribution in [2.75, 3.05) is 26.2 Å². The molecule has 1 aliphatic heterocycles. The molecule has 1 amide bonds. The van der Waals surface area contributed by atoms with Crippen molar-refractivity contribution in [3.8, 4) is 0 Å². The van der Waals surface area contributed by atoms with Crippen LogP contribution < -0.4 is 0 Å². The molecule has 2 heterocycles. The average molecular weight is 468 g/mol. The third-order valence-electron chi connectivity index (χ3n) is 4.37. The highest BCUT2D eigenvalue weighted by molar-refractivity contribution is 7.91. The van der Waals surface area contributed by atoms with Gasteiger partial charge in [0.15, 0.2) is 0 Å². The van der Waals surface area contributed by atoms with Crippen LogP contribution in [0.1, 0.15) is 12.0 Å². The van der Waals surface area contributed by atoms with E-state index in [2.05, 4.69) is 0 Å². The maximum absolute atomic E-state index is 12.6. The number of piperazine rings is 1. The zero-order valence-corrected chi connectivity index (χ0v) is 18.1. The van der Waals surface area contributed by atoms with Gasteiger partial charge in [-0.25, -0.2) is 8.42 Å². The number of sulfonamides is 1. The minimum Gasteiger partial charge on any atom is -0.340 e. The molecule has 1 fully saturated rings. The number of rotatable bonds is 5. The van der Waals surface area contributed by atoms with Crippen molar-refractivity contribution in [3.63, 3.8) is 0 Å². The molecule has 0 N–H and O–H groups in total. The molecule has 0 bridgehead atoms. The fourth-order valence-corrected chi connectivity index (χ4v) is 6.36. The normalized spacial score (nSPS) is 15.9. The maximum Gasteiger partial charge on any atom is 0.252 e. The molecule has 0 saturated carbocycles. The van der Waals surface area contributed by atoms with E-state index < -0.39 is 10.0 Å². The Morgan fingerprint density at radius 2 is 1.74 bits per heavy atom.